The standard InChI is InChI=1S/C16H24N2O2/c1-3-5-9-18(14-7-8-14)15-11-12(16(19)20)10-13(17-15)6-4-2/h10-11,14H,3-9H2,1-2H3,(H,19,20). The molecule has 4 nitrogen and oxygen atoms in total. The van der Waals surface area contributed by atoms with Crippen LogP contribution in [0.5, 0.6) is 0 Å². The first-order valence-corrected chi connectivity index (χ1v) is 7.66. The van der Waals surface area contributed by atoms with Crippen LogP contribution >= 0.6 is 0 Å². The van der Waals surface area contributed by atoms with Crippen LogP contribution in [-0.4, -0.2) is 28.6 Å². The van der Waals surface area contributed by atoms with Crippen LogP contribution < -0.4 is 4.90 Å². The Hall–Kier alpha value is -1.58. The zero-order valence-corrected chi connectivity index (χ0v) is 12.4. The summed E-state index contributed by atoms with van der Waals surface area (Å²) < 4.78 is 0. The Balaban J connectivity index is 2.28. The third-order valence-electron chi connectivity index (χ3n) is 3.65. The number of pyridine rings is 1. The first-order valence-electron chi connectivity index (χ1n) is 7.66. The maximum Gasteiger partial charge on any atom is 0.335 e. The zero-order valence-electron chi connectivity index (χ0n) is 12.4. The number of rotatable bonds is 8. The fraction of sp³-hybridized carbons (Fsp3) is 0.625. The van der Waals surface area contributed by atoms with Crippen molar-refractivity contribution in [2.45, 2.75) is 58.4 Å². The lowest BCUT2D eigenvalue weighted by Crippen LogP contribution is -2.28. The van der Waals surface area contributed by atoms with E-state index in [1.807, 2.05) is 0 Å². The van der Waals surface area contributed by atoms with Crippen LogP contribution in [0.2, 0.25) is 0 Å². The molecule has 0 aromatic carbocycles. The number of aromatic carboxylic acids is 1. The van der Waals surface area contributed by atoms with Gasteiger partial charge < -0.3 is 10.0 Å². The summed E-state index contributed by atoms with van der Waals surface area (Å²) in [6.45, 7) is 5.24. The summed E-state index contributed by atoms with van der Waals surface area (Å²) in [6, 6.07) is 4.00. The first-order chi connectivity index (χ1) is 9.65. The fourth-order valence-electron chi connectivity index (χ4n) is 2.43. The number of nitrogens with zero attached hydrogens (tertiary/aromatic N) is 2. The van der Waals surface area contributed by atoms with Crippen molar-refractivity contribution in [1.82, 2.24) is 4.98 Å². The van der Waals surface area contributed by atoms with E-state index in [-0.39, 0.29) is 0 Å². The van der Waals surface area contributed by atoms with Crippen molar-refractivity contribution in [2.24, 2.45) is 0 Å². The summed E-state index contributed by atoms with van der Waals surface area (Å²) in [5, 5.41) is 9.27. The van der Waals surface area contributed by atoms with Gasteiger partial charge in [0.25, 0.3) is 0 Å². The average Bonchev–Trinajstić information content (AvgIpc) is 3.24. The molecule has 1 heterocycles. The molecular weight excluding hydrogens is 252 g/mol. The molecule has 0 bridgehead atoms. The van der Waals surface area contributed by atoms with Gasteiger partial charge in [-0.1, -0.05) is 26.7 Å². The van der Waals surface area contributed by atoms with E-state index in [1.165, 1.54) is 12.8 Å². The number of anilines is 1. The van der Waals surface area contributed by atoms with Crippen molar-refractivity contribution >= 4 is 11.8 Å². The molecule has 1 fully saturated rings. The van der Waals surface area contributed by atoms with Gasteiger partial charge in [0.05, 0.1) is 5.56 Å². The van der Waals surface area contributed by atoms with Crippen LogP contribution in [0.1, 0.15) is 62.0 Å². The topological polar surface area (TPSA) is 53.4 Å². The number of aryl methyl sites for hydroxylation is 1. The summed E-state index contributed by atoms with van der Waals surface area (Å²) in [6.07, 6.45) is 6.48. The lowest BCUT2D eigenvalue weighted by Gasteiger charge is -2.24. The molecule has 1 aliphatic carbocycles. The quantitative estimate of drug-likeness (QED) is 0.789. The fourth-order valence-corrected chi connectivity index (χ4v) is 2.43. The molecule has 0 atom stereocenters. The Morgan fingerprint density at radius 3 is 2.65 bits per heavy atom. The zero-order chi connectivity index (χ0) is 14.5. The Labute approximate surface area is 120 Å². The average molecular weight is 276 g/mol. The molecule has 0 saturated heterocycles. The SMILES string of the molecule is CCCCN(c1cc(C(=O)O)cc(CCC)n1)C1CC1. The lowest BCUT2D eigenvalue weighted by atomic mass is 10.1. The minimum absolute atomic E-state index is 0.362. The maximum absolute atomic E-state index is 11.3. The second kappa shape index (κ2) is 6.73. The Morgan fingerprint density at radius 2 is 2.10 bits per heavy atom. The molecule has 4 heteroatoms. The number of hydrogen-bond donors (Lipinski definition) is 1. The molecule has 0 spiro atoms. The summed E-state index contributed by atoms with van der Waals surface area (Å²) >= 11 is 0. The molecule has 0 radical (unpaired) electrons. The van der Waals surface area contributed by atoms with Gasteiger partial charge in [0, 0.05) is 18.3 Å². The van der Waals surface area contributed by atoms with E-state index in [0.717, 1.165) is 43.7 Å². The van der Waals surface area contributed by atoms with Crippen molar-refractivity contribution < 1.29 is 9.90 Å². The van der Waals surface area contributed by atoms with Crippen molar-refractivity contribution in [1.29, 1.82) is 0 Å². The second-order valence-electron chi connectivity index (χ2n) is 5.54. The monoisotopic (exact) mass is 276 g/mol. The van der Waals surface area contributed by atoms with Gasteiger partial charge in [0.2, 0.25) is 0 Å². The Kier molecular flexibility index (Phi) is 4.99. The second-order valence-corrected chi connectivity index (χ2v) is 5.54. The number of unbranched alkanes of at least 4 members (excludes halogenated alkanes) is 1. The largest absolute Gasteiger partial charge is 0.478 e. The predicted octanol–water partition coefficient (Wildman–Crippen LogP) is 3.50. The normalized spacial score (nSPS) is 14.3. The summed E-state index contributed by atoms with van der Waals surface area (Å²) in [4.78, 5) is 18.3. The van der Waals surface area contributed by atoms with Gasteiger partial charge in [0.1, 0.15) is 5.82 Å². The third kappa shape index (κ3) is 3.71. The highest BCUT2D eigenvalue weighted by atomic mass is 16.4. The highest BCUT2D eigenvalue weighted by Gasteiger charge is 2.30. The molecule has 1 N–H and O–H groups in total. The summed E-state index contributed by atoms with van der Waals surface area (Å²) in [7, 11) is 0. The number of carbonyl (C=O) groups is 1. The van der Waals surface area contributed by atoms with Crippen molar-refractivity contribution in [3.63, 3.8) is 0 Å². The van der Waals surface area contributed by atoms with Crippen molar-refractivity contribution in [2.75, 3.05) is 11.4 Å². The highest BCUT2D eigenvalue weighted by Crippen LogP contribution is 2.31. The van der Waals surface area contributed by atoms with E-state index in [1.54, 1.807) is 12.1 Å². The Bertz CT molecular complexity index is 470. The molecular formula is C16H24N2O2. The first kappa shape index (κ1) is 14.8. The van der Waals surface area contributed by atoms with Crippen LogP contribution in [0.3, 0.4) is 0 Å². The van der Waals surface area contributed by atoms with Crippen molar-refractivity contribution in [3.05, 3.63) is 23.4 Å². The molecule has 20 heavy (non-hydrogen) atoms. The maximum atomic E-state index is 11.3. The van der Waals surface area contributed by atoms with Gasteiger partial charge in [0.15, 0.2) is 0 Å². The van der Waals surface area contributed by atoms with Crippen LogP contribution in [0.25, 0.3) is 0 Å². The van der Waals surface area contributed by atoms with E-state index in [0.29, 0.717) is 11.6 Å². The minimum Gasteiger partial charge on any atom is -0.478 e. The number of carboxylic acid groups (broad SMARTS) is 1. The van der Waals surface area contributed by atoms with Gasteiger partial charge in [-0.2, -0.15) is 0 Å². The lowest BCUT2D eigenvalue weighted by molar-refractivity contribution is 0.0696. The number of carboxylic acids is 1. The number of aromatic nitrogens is 1. The van der Waals surface area contributed by atoms with Gasteiger partial charge in [-0.3, -0.25) is 0 Å². The number of hydrogen-bond acceptors (Lipinski definition) is 3. The molecule has 110 valence electrons. The predicted molar refractivity (Wildman–Crippen MR) is 80.5 cm³/mol. The van der Waals surface area contributed by atoms with E-state index >= 15 is 0 Å². The molecule has 0 unspecified atom stereocenters. The molecule has 2 rings (SSSR count). The summed E-state index contributed by atoms with van der Waals surface area (Å²) in [5.41, 5.74) is 1.25. The third-order valence-corrected chi connectivity index (χ3v) is 3.65. The van der Waals surface area contributed by atoms with Gasteiger partial charge in [-0.15, -0.1) is 0 Å². The Morgan fingerprint density at radius 1 is 1.35 bits per heavy atom. The van der Waals surface area contributed by atoms with E-state index < -0.39 is 5.97 Å². The van der Waals surface area contributed by atoms with Crippen molar-refractivity contribution in [3.8, 4) is 0 Å². The summed E-state index contributed by atoms with van der Waals surface area (Å²) in [5.74, 6) is -0.0125. The van der Waals surface area contributed by atoms with E-state index in [2.05, 4.69) is 23.7 Å². The van der Waals surface area contributed by atoms with Crippen LogP contribution in [-0.2, 0) is 6.42 Å². The highest BCUT2D eigenvalue weighted by molar-refractivity contribution is 5.88. The molecule has 0 amide bonds. The van der Waals surface area contributed by atoms with Gasteiger partial charge in [-0.05, 0) is 37.8 Å². The smallest absolute Gasteiger partial charge is 0.335 e. The molecule has 1 aromatic heterocycles. The van der Waals surface area contributed by atoms with Crippen LogP contribution in [0.15, 0.2) is 12.1 Å². The molecule has 0 aliphatic heterocycles. The van der Waals surface area contributed by atoms with E-state index in [4.69, 9.17) is 0 Å². The van der Waals surface area contributed by atoms with Crippen LogP contribution in [0.4, 0.5) is 5.82 Å². The molecule has 1 aromatic rings. The molecule has 1 aliphatic rings. The van der Waals surface area contributed by atoms with Gasteiger partial charge >= 0.3 is 5.97 Å². The molecule has 1 saturated carbocycles. The van der Waals surface area contributed by atoms with E-state index in [9.17, 15) is 9.90 Å². The minimum atomic E-state index is -0.864. The van der Waals surface area contributed by atoms with Gasteiger partial charge in [-0.25, -0.2) is 9.78 Å². The van der Waals surface area contributed by atoms with Crippen LogP contribution in [0, 0.1) is 0 Å².